The molecule has 0 unspecified atom stereocenters. The number of amides is 1. The van der Waals surface area contributed by atoms with Gasteiger partial charge in [0.2, 0.25) is 0 Å². The maximum absolute atomic E-state index is 10.3. The standard InChI is InChI=1S/C2H3N3O4P/c6-2-1-5(4-3-2)10(7,8)9/h1H,(H2,7,8,9). The highest BCUT2D eigenvalue weighted by Gasteiger charge is 2.31. The van der Waals surface area contributed by atoms with Gasteiger partial charge in [0, 0.05) is 0 Å². The molecule has 0 bridgehead atoms. The molecule has 0 aromatic carbocycles. The van der Waals surface area contributed by atoms with Crippen molar-refractivity contribution in [1.29, 1.82) is 0 Å². The Morgan fingerprint density at radius 3 is 2.40 bits per heavy atom. The van der Waals surface area contributed by atoms with Crippen LogP contribution in [0.5, 0.6) is 0 Å². The van der Waals surface area contributed by atoms with Crippen molar-refractivity contribution in [2.24, 2.45) is 10.3 Å². The van der Waals surface area contributed by atoms with Gasteiger partial charge in [-0.2, -0.15) is 4.78 Å². The summed E-state index contributed by atoms with van der Waals surface area (Å²) >= 11 is 0. The zero-order valence-electron chi connectivity index (χ0n) is 4.58. The molecule has 1 radical (unpaired) electrons. The van der Waals surface area contributed by atoms with Gasteiger partial charge in [-0.1, -0.05) is 10.3 Å². The van der Waals surface area contributed by atoms with Crippen LogP contribution in [0.25, 0.3) is 0 Å². The van der Waals surface area contributed by atoms with Crippen molar-refractivity contribution in [1.82, 2.24) is 4.78 Å². The van der Waals surface area contributed by atoms with Gasteiger partial charge in [0.25, 0.3) is 5.91 Å². The van der Waals surface area contributed by atoms with Gasteiger partial charge >= 0.3 is 7.75 Å². The maximum atomic E-state index is 10.3. The fraction of sp³-hybridized carbons (Fsp3) is 0. The minimum atomic E-state index is -4.45. The normalized spacial score (nSPS) is 18.6. The lowest BCUT2D eigenvalue weighted by Crippen LogP contribution is -2.08. The quantitative estimate of drug-likeness (QED) is 0.506. The Morgan fingerprint density at radius 1 is 1.60 bits per heavy atom. The molecule has 1 aliphatic heterocycles. The lowest BCUT2D eigenvalue weighted by molar-refractivity contribution is -0.114. The van der Waals surface area contributed by atoms with E-state index < -0.39 is 13.7 Å². The molecule has 0 aromatic heterocycles. The first-order valence-electron chi connectivity index (χ1n) is 2.16. The molecule has 1 rings (SSSR count). The molecule has 55 valence electrons. The fourth-order valence-corrected chi connectivity index (χ4v) is 0.761. The SMILES string of the molecule is O=C1[CH]N(P(=O)(O)O)N=N1. The van der Waals surface area contributed by atoms with E-state index in [-0.39, 0.29) is 4.78 Å². The maximum Gasteiger partial charge on any atom is 0.447 e. The summed E-state index contributed by atoms with van der Waals surface area (Å²) in [4.78, 5) is 26.9. The second-order valence-corrected chi connectivity index (χ2v) is 2.93. The number of hydrogen-bond donors (Lipinski definition) is 2. The lowest BCUT2D eigenvalue weighted by atomic mass is 10.7. The third kappa shape index (κ3) is 1.38. The van der Waals surface area contributed by atoms with Crippen LogP contribution in [-0.4, -0.2) is 20.5 Å². The van der Waals surface area contributed by atoms with Crippen molar-refractivity contribution in [3.8, 4) is 0 Å². The molecular weight excluding hydrogens is 161 g/mol. The van der Waals surface area contributed by atoms with E-state index in [0.29, 0.717) is 6.54 Å². The van der Waals surface area contributed by atoms with E-state index in [1.165, 1.54) is 0 Å². The lowest BCUT2D eigenvalue weighted by Gasteiger charge is -2.09. The number of hydrogen-bond acceptors (Lipinski definition) is 3. The Hall–Kier alpha value is -0.780. The Kier molecular flexibility index (Phi) is 1.55. The van der Waals surface area contributed by atoms with Gasteiger partial charge in [-0.25, -0.2) is 4.57 Å². The summed E-state index contributed by atoms with van der Waals surface area (Å²) in [7, 11) is -4.45. The van der Waals surface area contributed by atoms with E-state index >= 15 is 0 Å². The molecule has 0 aromatic rings. The minimum absolute atomic E-state index is 0.218. The van der Waals surface area contributed by atoms with Crippen molar-refractivity contribution in [2.45, 2.75) is 0 Å². The fourth-order valence-electron chi connectivity index (χ4n) is 0.368. The van der Waals surface area contributed by atoms with Crippen LogP contribution in [0.15, 0.2) is 10.3 Å². The predicted octanol–water partition coefficient (Wildman–Crippen LogP) is -0.550. The third-order valence-electron chi connectivity index (χ3n) is 0.728. The Labute approximate surface area is 55.5 Å². The topological polar surface area (TPSA) is 103 Å². The molecule has 0 spiro atoms. The zero-order chi connectivity index (χ0) is 7.78. The number of carbonyl (C=O) groups excluding carboxylic acids is 1. The average Bonchev–Trinajstić information content (AvgIpc) is 2.11. The van der Waals surface area contributed by atoms with E-state index in [9.17, 15) is 9.36 Å². The molecular formula is C2H3N3O4P. The monoisotopic (exact) mass is 164 g/mol. The van der Waals surface area contributed by atoms with E-state index in [0.717, 1.165) is 0 Å². The number of rotatable bonds is 1. The molecule has 1 aliphatic rings. The summed E-state index contributed by atoms with van der Waals surface area (Å²) < 4.78 is 10.5. The van der Waals surface area contributed by atoms with E-state index in [1.54, 1.807) is 0 Å². The van der Waals surface area contributed by atoms with Crippen LogP contribution in [0.1, 0.15) is 0 Å². The van der Waals surface area contributed by atoms with Crippen LogP contribution in [-0.2, 0) is 9.36 Å². The Balaban J connectivity index is 2.73. The van der Waals surface area contributed by atoms with E-state index in [1.807, 2.05) is 0 Å². The highest BCUT2D eigenvalue weighted by molar-refractivity contribution is 7.49. The van der Waals surface area contributed by atoms with E-state index in [4.69, 9.17) is 9.79 Å². The molecule has 0 saturated heterocycles. The molecule has 0 fully saturated rings. The predicted molar refractivity (Wildman–Crippen MR) is 28.0 cm³/mol. The summed E-state index contributed by atoms with van der Waals surface area (Å²) in [6.07, 6.45) is 0. The van der Waals surface area contributed by atoms with Crippen molar-refractivity contribution in [2.75, 3.05) is 0 Å². The van der Waals surface area contributed by atoms with Gasteiger partial charge in [-0.15, -0.1) is 0 Å². The summed E-state index contributed by atoms with van der Waals surface area (Å²) in [6.45, 7) is 0.626. The first-order valence-corrected chi connectivity index (χ1v) is 3.72. The van der Waals surface area contributed by atoms with Crippen molar-refractivity contribution < 1.29 is 19.1 Å². The van der Waals surface area contributed by atoms with Crippen molar-refractivity contribution >= 4 is 13.7 Å². The average molecular weight is 164 g/mol. The van der Waals surface area contributed by atoms with Gasteiger partial charge < -0.3 is 9.79 Å². The number of nitrogens with zero attached hydrogens (tertiary/aromatic N) is 3. The molecule has 8 heteroatoms. The first-order chi connectivity index (χ1) is 4.50. The Morgan fingerprint density at radius 2 is 2.20 bits per heavy atom. The summed E-state index contributed by atoms with van der Waals surface area (Å²) in [5.74, 6) is -0.775. The molecule has 2 N–H and O–H groups in total. The minimum Gasteiger partial charge on any atom is -0.307 e. The zero-order valence-corrected chi connectivity index (χ0v) is 5.47. The smallest absolute Gasteiger partial charge is 0.307 e. The van der Waals surface area contributed by atoms with Crippen molar-refractivity contribution in [3.05, 3.63) is 6.54 Å². The van der Waals surface area contributed by atoms with Gasteiger partial charge in [0.1, 0.15) is 0 Å². The van der Waals surface area contributed by atoms with Gasteiger partial charge in [0.05, 0.1) is 0 Å². The van der Waals surface area contributed by atoms with Crippen LogP contribution >= 0.6 is 7.75 Å². The van der Waals surface area contributed by atoms with Crippen LogP contribution in [0, 0.1) is 6.54 Å². The highest BCUT2D eigenvalue weighted by atomic mass is 31.2. The highest BCUT2D eigenvalue weighted by Crippen LogP contribution is 2.42. The molecule has 10 heavy (non-hydrogen) atoms. The molecule has 1 heterocycles. The molecule has 7 nitrogen and oxygen atoms in total. The summed E-state index contributed by atoms with van der Waals surface area (Å²) in [6, 6.07) is 0. The molecule has 0 saturated carbocycles. The second kappa shape index (κ2) is 2.12. The Bertz CT molecular complexity index is 231. The molecule has 0 atom stereocenters. The summed E-state index contributed by atoms with van der Waals surface area (Å²) in [5.41, 5.74) is 0. The summed E-state index contributed by atoms with van der Waals surface area (Å²) in [5, 5.41) is 5.73. The van der Waals surface area contributed by atoms with E-state index in [2.05, 4.69) is 10.3 Å². The van der Waals surface area contributed by atoms with Crippen LogP contribution in [0.4, 0.5) is 0 Å². The van der Waals surface area contributed by atoms with Crippen molar-refractivity contribution in [3.63, 3.8) is 0 Å². The van der Waals surface area contributed by atoms with Gasteiger partial charge in [-0.3, -0.25) is 4.79 Å². The van der Waals surface area contributed by atoms with Gasteiger partial charge in [-0.05, 0) is 0 Å². The van der Waals surface area contributed by atoms with Crippen LogP contribution < -0.4 is 0 Å². The molecule has 1 amide bonds. The van der Waals surface area contributed by atoms with Gasteiger partial charge in [0.15, 0.2) is 6.54 Å². The second-order valence-electron chi connectivity index (χ2n) is 1.49. The van der Waals surface area contributed by atoms with Crippen LogP contribution in [0.3, 0.4) is 0 Å². The first kappa shape index (κ1) is 7.33. The van der Waals surface area contributed by atoms with Crippen LogP contribution in [0.2, 0.25) is 0 Å². The molecule has 0 aliphatic carbocycles. The largest absolute Gasteiger partial charge is 0.447 e. The number of carbonyl (C=O) groups is 1. The third-order valence-corrected chi connectivity index (χ3v) is 1.46.